The first kappa shape index (κ1) is 14.5. The molecule has 0 saturated carbocycles. The molecule has 1 fully saturated rings. The van der Waals surface area contributed by atoms with E-state index in [1.807, 2.05) is 41.8 Å². The molecule has 0 bridgehead atoms. The van der Waals surface area contributed by atoms with E-state index in [-0.39, 0.29) is 17.5 Å². The summed E-state index contributed by atoms with van der Waals surface area (Å²) in [5.74, 6) is -0.205. The monoisotopic (exact) mass is 309 g/mol. The van der Waals surface area contributed by atoms with E-state index in [0.717, 1.165) is 18.4 Å². The normalized spacial score (nSPS) is 18.2. The molecule has 0 N–H and O–H groups in total. The van der Waals surface area contributed by atoms with Crippen LogP contribution in [0, 0.1) is 11.3 Å². The third-order valence-corrected chi connectivity index (χ3v) is 4.49. The second-order valence-corrected chi connectivity index (χ2v) is 6.03. The maximum Gasteiger partial charge on any atom is 0.265 e. The van der Waals surface area contributed by atoms with Gasteiger partial charge in [-0.3, -0.25) is 4.79 Å². The zero-order chi connectivity index (χ0) is 15.4. The molecule has 1 aliphatic rings. The topological polar surface area (TPSA) is 57.0 Å². The number of nitrogens with zero attached hydrogens (tertiary/aromatic N) is 3. The van der Waals surface area contributed by atoms with Crippen LogP contribution in [0.5, 0.6) is 0 Å². The number of amides is 1. The number of rotatable bonds is 3. The molecule has 3 rings (SSSR count). The van der Waals surface area contributed by atoms with E-state index in [2.05, 4.69) is 4.98 Å². The van der Waals surface area contributed by atoms with Crippen molar-refractivity contribution in [2.24, 2.45) is 0 Å². The molecule has 2 heterocycles. The Morgan fingerprint density at radius 1 is 1.41 bits per heavy atom. The first-order valence-electron chi connectivity index (χ1n) is 7.17. The Labute approximate surface area is 133 Å². The third-order valence-electron chi connectivity index (χ3n) is 3.77. The zero-order valence-electron chi connectivity index (χ0n) is 12.0. The van der Waals surface area contributed by atoms with Crippen molar-refractivity contribution in [2.75, 3.05) is 6.54 Å². The van der Waals surface area contributed by atoms with Crippen LogP contribution >= 0.6 is 11.3 Å². The van der Waals surface area contributed by atoms with Crippen LogP contribution in [0.25, 0.3) is 6.08 Å². The van der Waals surface area contributed by atoms with Gasteiger partial charge in [0, 0.05) is 18.1 Å². The van der Waals surface area contributed by atoms with Gasteiger partial charge in [-0.2, -0.15) is 5.26 Å². The van der Waals surface area contributed by atoms with Crippen LogP contribution in [0.15, 0.2) is 47.5 Å². The van der Waals surface area contributed by atoms with E-state index in [4.69, 9.17) is 0 Å². The fraction of sp³-hybridized carbons (Fsp3) is 0.235. The Kier molecular flexibility index (Phi) is 4.31. The van der Waals surface area contributed by atoms with Crippen molar-refractivity contribution in [1.82, 2.24) is 9.88 Å². The minimum atomic E-state index is -0.205. The third kappa shape index (κ3) is 2.92. The molecule has 5 heteroatoms. The van der Waals surface area contributed by atoms with Crippen LogP contribution in [0.3, 0.4) is 0 Å². The highest BCUT2D eigenvalue weighted by atomic mass is 32.1. The highest BCUT2D eigenvalue weighted by molar-refractivity contribution is 7.10. The lowest BCUT2D eigenvalue weighted by Gasteiger charge is -2.24. The van der Waals surface area contributed by atoms with Gasteiger partial charge in [0.05, 0.1) is 6.04 Å². The van der Waals surface area contributed by atoms with E-state index < -0.39 is 0 Å². The van der Waals surface area contributed by atoms with E-state index in [1.165, 1.54) is 11.3 Å². The number of benzene rings is 1. The average Bonchev–Trinajstić information content (AvgIpc) is 3.24. The van der Waals surface area contributed by atoms with E-state index in [1.54, 1.807) is 17.2 Å². The number of likely N-dealkylation sites (tertiary alicyclic amines) is 1. The van der Waals surface area contributed by atoms with Crippen LogP contribution < -0.4 is 0 Å². The number of carbonyl (C=O) groups excluding carboxylic acids is 1. The van der Waals surface area contributed by atoms with Crippen LogP contribution in [-0.4, -0.2) is 22.3 Å². The summed E-state index contributed by atoms with van der Waals surface area (Å²) in [6, 6.07) is 12.1. The molecule has 0 aliphatic carbocycles. The fourth-order valence-electron chi connectivity index (χ4n) is 2.76. The molecule has 4 nitrogen and oxygen atoms in total. The average molecular weight is 309 g/mol. The lowest BCUT2D eigenvalue weighted by Crippen LogP contribution is -2.31. The van der Waals surface area contributed by atoms with E-state index >= 15 is 0 Å². The molecule has 1 atom stereocenters. The quantitative estimate of drug-likeness (QED) is 0.645. The van der Waals surface area contributed by atoms with Crippen LogP contribution in [-0.2, 0) is 4.79 Å². The predicted molar refractivity (Wildman–Crippen MR) is 85.8 cm³/mol. The maximum absolute atomic E-state index is 12.7. The van der Waals surface area contributed by atoms with E-state index in [0.29, 0.717) is 11.6 Å². The van der Waals surface area contributed by atoms with Crippen LogP contribution in [0.4, 0.5) is 0 Å². The first-order chi connectivity index (χ1) is 10.8. The second kappa shape index (κ2) is 6.54. The van der Waals surface area contributed by atoms with Crippen molar-refractivity contribution in [3.63, 3.8) is 0 Å². The summed E-state index contributed by atoms with van der Waals surface area (Å²) < 4.78 is 0. The Morgan fingerprint density at radius 3 is 2.91 bits per heavy atom. The minimum Gasteiger partial charge on any atom is -0.331 e. The molecule has 1 amide bonds. The smallest absolute Gasteiger partial charge is 0.265 e. The van der Waals surface area contributed by atoms with Gasteiger partial charge in [-0.15, -0.1) is 11.3 Å². The standard InChI is InChI=1S/C17H15N3OS/c18-12-14(11-16-19-8-10-22-16)17(21)20-9-4-7-15(20)13-5-2-1-3-6-13/h1-3,5-6,8,10-11,15H,4,7,9H2/b14-11+. The highest BCUT2D eigenvalue weighted by Gasteiger charge is 2.31. The maximum atomic E-state index is 12.7. The fourth-order valence-corrected chi connectivity index (χ4v) is 3.33. The molecule has 1 saturated heterocycles. The zero-order valence-corrected chi connectivity index (χ0v) is 12.8. The van der Waals surface area contributed by atoms with Gasteiger partial charge in [0.25, 0.3) is 5.91 Å². The van der Waals surface area contributed by atoms with Gasteiger partial charge in [0.15, 0.2) is 0 Å². The lowest BCUT2D eigenvalue weighted by molar-refractivity contribution is -0.127. The number of aromatic nitrogens is 1. The number of carbonyl (C=O) groups is 1. The molecule has 22 heavy (non-hydrogen) atoms. The molecule has 1 aromatic heterocycles. The van der Waals surface area contributed by atoms with Gasteiger partial charge in [0.2, 0.25) is 0 Å². The van der Waals surface area contributed by atoms with Gasteiger partial charge in [0.1, 0.15) is 16.6 Å². The van der Waals surface area contributed by atoms with Crippen molar-refractivity contribution in [3.05, 3.63) is 58.1 Å². The summed E-state index contributed by atoms with van der Waals surface area (Å²) in [5, 5.41) is 11.8. The van der Waals surface area contributed by atoms with Crippen molar-refractivity contribution in [3.8, 4) is 6.07 Å². The van der Waals surface area contributed by atoms with Crippen molar-refractivity contribution >= 4 is 23.3 Å². The first-order valence-corrected chi connectivity index (χ1v) is 8.05. The molecular weight excluding hydrogens is 294 g/mol. The SMILES string of the molecule is N#C/C(=C\c1nccs1)C(=O)N1CCCC1c1ccccc1. The summed E-state index contributed by atoms with van der Waals surface area (Å²) in [4.78, 5) is 18.6. The molecule has 0 spiro atoms. The van der Waals surface area contributed by atoms with Gasteiger partial charge >= 0.3 is 0 Å². The van der Waals surface area contributed by atoms with Crippen LogP contribution in [0.2, 0.25) is 0 Å². The predicted octanol–water partition coefficient (Wildman–Crippen LogP) is 3.41. The summed E-state index contributed by atoms with van der Waals surface area (Å²) in [6.07, 6.45) is 5.14. The summed E-state index contributed by atoms with van der Waals surface area (Å²) >= 11 is 1.41. The van der Waals surface area contributed by atoms with Crippen molar-refractivity contribution in [1.29, 1.82) is 5.26 Å². The summed E-state index contributed by atoms with van der Waals surface area (Å²) in [5.41, 5.74) is 1.28. The molecule has 1 aliphatic heterocycles. The van der Waals surface area contributed by atoms with E-state index in [9.17, 15) is 10.1 Å². The molecule has 2 aromatic rings. The second-order valence-electron chi connectivity index (χ2n) is 5.11. The Balaban J connectivity index is 1.86. The molecule has 1 unspecified atom stereocenters. The summed E-state index contributed by atoms with van der Waals surface area (Å²) in [6.45, 7) is 0.690. The van der Waals surface area contributed by atoms with Crippen molar-refractivity contribution in [2.45, 2.75) is 18.9 Å². The van der Waals surface area contributed by atoms with Gasteiger partial charge in [-0.05, 0) is 24.5 Å². The molecule has 0 radical (unpaired) electrons. The Bertz CT molecular complexity index is 716. The van der Waals surface area contributed by atoms with Crippen LogP contribution in [0.1, 0.15) is 29.5 Å². The Morgan fingerprint density at radius 2 is 2.23 bits per heavy atom. The minimum absolute atomic E-state index is 0.0572. The number of nitriles is 1. The highest BCUT2D eigenvalue weighted by Crippen LogP contribution is 2.33. The van der Waals surface area contributed by atoms with Gasteiger partial charge in [-0.25, -0.2) is 4.98 Å². The summed E-state index contributed by atoms with van der Waals surface area (Å²) in [7, 11) is 0. The molecule has 110 valence electrons. The number of hydrogen-bond donors (Lipinski definition) is 0. The van der Waals surface area contributed by atoms with Gasteiger partial charge in [-0.1, -0.05) is 30.3 Å². The lowest BCUT2D eigenvalue weighted by atomic mass is 10.0. The Hall–Kier alpha value is -2.45. The van der Waals surface area contributed by atoms with Crippen molar-refractivity contribution < 1.29 is 4.79 Å². The molecule has 1 aromatic carbocycles. The van der Waals surface area contributed by atoms with Gasteiger partial charge < -0.3 is 4.90 Å². The number of hydrogen-bond acceptors (Lipinski definition) is 4. The largest absolute Gasteiger partial charge is 0.331 e. The molecular formula is C17H15N3OS. The number of thiazole rings is 1.